The fourth-order valence-corrected chi connectivity index (χ4v) is 3.35. The van der Waals surface area contributed by atoms with Crippen LogP contribution in [0.15, 0.2) is 24.4 Å². The van der Waals surface area contributed by atoms with Gasteiger partial charge in [-0.2, -0.15) is 0 Å². The smallest absolute Gasteiger partial charge is 0.388 e. The molecule has 2 aromatic heterocycles. The summed E-state index contributed by atoms with van der Waals surface area (Å²) in [6.45, 7) is 6.70. The number of carbonyl (C=O) groups excluding carboxylic acids is 1. The van der Waals surface area contributed by atoms with E-state index in [1.165, 1.54) is 18.3 Å². The van der Waals surface area contributed by atoms with E-state index in [4.69, 9.17) is 0 Å². The Morgan fingerprint density at radius 2 is 2.00 bits per heavy atom. The van der Waals surface area contributed by atoms with Gasteiger partial charge in [-0.1, -0.05) is 26.8 Å². The molecule has 0 unspecified atom stereocenters. The first-order chi connectivity index (χ1) is 14.4. The average molecular weight is 440 g/mol. The quantitative estimate of drug-likeness (QED) is 0.674. The van der Waals surface area contributed by atoms with Gasteiger partial charge < -0.3 is 15.0 Å². The van der Waals surface area contributed by atoms with Crippen LogP contribution in [0.2, 0.25) is 0 Å². The number of anilines is 2. The molecule has 1 aliphatic heterocycles. The summed E-state index contributed by atoms with van der Waals surface area (Å²) in [4.78, 5) is 22.0. The molecule has 3 heterocycles. The average Bonchev–Trinajstić information content (AvgIpc) is 2.62. The third kappa shape index (κ3) is 6.53. The Bertz CT molecular complexity index is 940. The molecule has 0 bridgehead atoms. The van der Waals surface area contributed by atoms with Crippen LogP contribution in [0.4, 0.5) is 29.1 Å². The molecule has 0 aliphatic carbocycles. The number of nitrogens with one attached hydrogen (secondary N) is 1. The standard InChI is InChI=1S/C21H24F4N4O2/c1-20(2,3)10-17(30)28-19-14(22)9-16-15(27-19)5-4-8-29(16)12-13-6-7-18(26-11-13)31-21(23,24)25/h6-7,9,11H,4-5,8,10,12H2,1-3H3,(H,27,28,30). The zero-order chi connectivity index (χ0) is 22.8. The molecule has 31 heavy (non-hydrogen) atoms. The zero-order valence-electron chi connectivity index (χ0n) is 17.5. The molecule has 168 valence electrons. The highest BCUT2D eigenvalue weighted by Crippen LogP contribution is 2.31. The van der Waals surface area contributed by atoms with Gasteiger partial charge >= 0.3 is 6.36 Å². The highest BCUT2D eigenvalue weighted by atomic mass is 19.4. The van der Waals surface area contributed by atoms with Gasteiger partial charge in [-0.25, -0.2) is 14.4 Å². The second kappa shape index (κ2) is 8.68. The highest BCUT2D eigenvalue weighted by Gasteiger charge is 2.31. The van der Waals surface area contributed by atoms with Crippen molar-refractivity contribution in [3.05, 3.63) is 41.5 Å². The predicted molar refractivity (Wildman–Crippen MR) is 107 cm³/mol. The van der Waals surface area contributed by atoms with Crippen molar-refractivity contribution in [1.82, 2.24) is 9.97 Å². The van der Waals surface area contributed by atoms with E-state index >= 15 is 0 Å². The maximum atomic E-state index is 14.7. The van der Waals surface area contributed by atoms with Gasteiger partial charge in [-0.3, -0.25) is 4.79 Å². The summed E-state index contributed by atoms with van der Waals surface area (Å²) in [5.41, 5.74) is 1.66. The summed E-state index contributed by atoms with van der Waals surface area (Å²) in [6.07, 6.45) is -1.88. The minimum absolute atomic E-state index is 0.0924. The lowest BCUT2D eigenvalue weighted by atomic mass is 9.92. The molecule has 0 fully saturated rings. The number of ether oxygens (including phenoxy) is 1. The first kappa shape index (κ1) is 22.8. The number of aromatic nitrogens is 2. The Balaban J connectivity index is 1.74. The van der Waals surface area contributed by atoms with Gasteiger partial charge in [0.15, 0.2) is 11.6 Å². The first-order valence-electron chi connectivity index (χ1n) is 9.84. The van der Waals surface area contributed by atoms with E-state index in [1.807, 2.05) is 25.7 Å². The summed E-state index contributed by atoms with van der Waals surface area (Å²) >= 11 is 0. The number of halogens is 4. The minimum Gasteiger partial charge on any atom is -0.388 e. The van der Waals surface area contributed by atoms with Crippen LogP contribution >= 0.6 is 0 Å². The lowest BCUT2D eigenvalue weighted by Crippen LogP contribution is -2.30. The molecule has 10 heteroatoms. The molecule has 1 aliphatic rings. The molecule has 1 N–H and O–H groups in total. The second-order valence-electron chi connectivity index (χ2n) is 8.65. The van der Waals surface area contributed by atoms with Crippen LogP contribution in [0.5, 0.6) is 5.88 Å². The van der Waals surface area contributed by atoms with Gasteiger partial charge in [0.25, 0.3) is 0 Å². The summed E-state index contributed by atoms with van der Waals surface area (Å²) in [6, 6.07) is 3.95. The van der Waals surface area contributed by atoms with Crippen molar-refractivity contribution < 1.29 is 27.1 Å². The van der Waals surface area contributed by atoms with Crippen LogP contribution in [0.25, 0.3) is 0 Å². The molecule has 0 radical (unpaired) electrons. The Morgan fingerprint density at radius 3 is 2.61 bits per heavy atom. The lowest BCUT2D eigenvalue weighted by molar-refractivity contribution is -0.276. The SMILES string of the molecule is CC(C)(C)CC(=O)Nc1nc2c(cc1F)N(Cc1ccc(OC(F)(F)F)nc1)CCC2. The van der Waals surface area contributed by atoms with Crippen LogP contribution in [0, 0.1) is 11.2 Å². The van der Waals surface area contributed by atoms with Crippen molar-refractivity contribution >= 4 is 17.4 Å². The molecule has 0 spiro atoms. The third-order valence-electron chi connectivity index (χ3n) is 4.55. The molecular weight excluding hydrogens is 416 g/mol. The second-order valence-corrected chi connectivity index (χ2v) is 8.65. The summed E-state index contributed by atoms with van der Waals surface area (Å²) < 4.78 is 55.2. The van der Waals surface area contributed by atoms with Gasteiger partial charge in [-0.15, -0.1) is 13.2 Å². The van der Waals surface area contributed by atoms with E-state index in [-0.39, 0.29) is 23.6 Å². The van der Waals surface area contributed by atoms with Crippen LogP contribution < -0.4 is 15.0 Å². The highest BCUT2D eigenvalue weighted by molar-refractivity contribution is 5.90. The fraction of sp³-hybridized carbons (Fsp3) is 0.476. The topological polar surface area (TPSA) is 67.4 Å². The number of hydrogen-bond donors (Lipinski definition) is 1. The van der Waals surface area contributed by atoms with Crippen LogP contribution in [0.1, 0.15) is 44.9 Å². The lowest BCUT2D eigenvalue weighted by Gasteiger charge is -2.31. The molecular formula is C21H24F4N4O2. The van der Waals surface area contributed by atoms with Crippen molar-refractivity contribution in [2.24, 2.45) is 5.41 Å². The number of aryl methyl sites for hydroxylation is 1. The molecule has 0 saturated heterocycles. The number of pyridine rings is 2. The number of alkyl halides is 3. The number of amides is 1. The normalized spacial score (nSPS) is 14.2. The monoisotopic (exact) mass is 440 g/mol. The van der Waals surface area contributed by atoms with Gasteiger partial charge in [0.2, 0.25) is 11.8 Å². The molecule has 6 nitrogen and oxygen atoms in total. The largest absolute Gasteiger partial charge is 0.574 e. The summed E-state index contributed by atoms with van der Waals surface area (Å²) in [5.74, 6) is -1.58. The van der Waals surface area contributed by atoms with E-state index in [0.717, 1.165) is 12.5 Å². The van der Waals surface area contributed by atoms with Crippen molar-refractivity contribution in [3.8, 4) is 5.88 Å². The van der Waals surface area contributed by atoms with Crippen molar-refractivity contribution in [2.75, 3.05) is 16.8 Å². The Kier molecular flexibility index (Phi) is 6.38. The molecule has 3 rings (SSSR count). The first-order valence-corrected chi connectivity index (χ1v) is 9.84. The molecule has 2 aromatic rings. The molecule has 0 saturated carbocycles. The van der Waals surface area contributed by atoms with Crippen LogP contribution in [-0.2, 0) is 17.8 Å². The van der Waals surface area contributed by atoms with E-state index in [0.29, 0.717) is 36.5 Å². The van der Waals surface area contributed by atoms with E-state index in [1.54, 1.807) is 0 Å². The van der Waals surface area contributed by atoms with Crippen molar-refractivity contribution in [1.29, 1.82) is 0 Å². The Labute approximate surface area is 177 Å². The minimum atomic E-state index is -4.80. The Morgan fingerprint density at radius 1 is 1.26 bits per heavy atom. The van der Waals surface area contributed by atoms with Gasteiger partial charge in [0.05, 0.1) is 11.4 Å². The predicted octanol–water partition coefficient (Wildman–Crippen LogP) is 4.84. The van der Waals surface area contributed by atoms with E-state index in [2.05, 4.69) is 20.0 Å². The fourth-order valence-electron chi connectivity index (χ4n) is 3.35. The van der Waals surface area contributed by atoms with Gasteiger partial charge in [0, 0.05) is 37.8 Å². The molecule has 1 amide bonds. The number of fused-ring (bicyclic) bond motifs is 1. The van der Waals surface area contributed by atoms with E-state index in [9.17, 15) is 22.4 Å². The van der Waals surface area contributed by atoms with Crippen LogP contribution in [-0.4, -0.2) is 28.8 Å². The van der Waals surface area contributed by atoms with Gasteiger partial charge in [-0.05, 0) is 23.8 Å². The number of carbonyl (C=O) groups is 1. The van der Waals surface area contributed by atoms with Gasteiger partial charge in [0.1, 0.15) is 0 Å². The van der Waals surface area contributed by atoms with Crippen molar-refractivity contribution in [3.63, 3.8) is 0 Å². The third-order valence-corrected chi connectivity index (χ3v) is 4.55. The molecule has 0 atom stereocenters. The molecule has 0 aromatic carbocycles. The summed E-state index contributed by atoms with van der Waals surface area (Å²) in [7, 11) is 0. The maximum Gasteiger partial charge on any atom is 0.574 e. The number of rotatable bonds is 5. The number of nitrogens with zero attached hydrogens (tertiary/aromatic N) is 3. The number of hydrogen-bond acceptors (Lipinski definition) is 5. The van der Waals surface area contributed by atoms with Crippen molar-refractivity contribution in [2.45, 2.75) is 52.9 Å². The maximum absolute atomic E-state index is 14.7. The van der Waals surface area contributed by atoms with E-state index < -0.39 is 18.1 Å². The summed E-state index contributed by atoms with van der Waals surface area (Å²) in [5, 5.41) is 2.55. The zero-order valence-corrected chi connectivity index (χ0v) is 17.5. The Hall–Kier alpha value is -2.91. The van der Waals surface area contributed by atoms with Crippen LogP contribution in [0.3, 0.4) is 0 Å².